The van der Waals surface area contributed by atoms with Crippen molar-refractivity contribution in [1.29, 1.82) is 0 Å². The molecule has 4 atom stereocenters. The average Bonchev–Trinajstić information content (AvgIpc) is 3.01. The lowest BCUT2D eigenvalue weighted by atomic mass is 10.1. The molecule has 2 aromatic rings. The highest BCUT2D eigenvalue weighted by atomic mass is 16.7. The van der Waals surface area contributed by atoms with E-state index in [-0.39, 0.29) is 11.9 Å². The number of nitrogen functional groups attached to an aromatic ring is 1. The predicted molar refractivity (Wildman–Crippen MR) is 74.6 cm³/mol. The van der Waals surface area contributed by atoms with Gasteiger partial charge in [-0.05, 0) is 13.8 Å². The summed E-state index contributed by atoms with van der Waals surface area (Å²) in [6, 6.07) is 0. The van der Waals surface area contributed by atoms with Crippen molar-refractivity contribution in [3.63, 3.8) is 0 Å². The molecule has 4 heterocycles. The molecule has 0 spiro atoms. The molecule has 2 saturated heterocycles. The summed E-state index contributed by atoms with van der Waals surface area (Å²) in [4.78, 5) is 12.3. The van der Waals surface area contributed by atoms with E-state index in [1.165, 1.54) is 12.7 Å². The summed E-state index contributed by atoms with van der Waals surface area (Å²) >= 11 is 0. The van der Waals surface area contributed by atoms with E-state index < -0.39 is 24.2 Å². The van der Waals surface area contributed by atoms with Gasteiger partial charge in [-0.2, -0.15) is 0 Å². The quantitative estimate of drug-likeness (QED) is 0.745. The van der Waals surface area contributed by atoms with E-state index in [0.717, 1.165) is 0 Å². The van der Waals surface area contributed by atoms with Gasteiger partial charge in [-0.1, -0.05) is 0 Å². The zero-order valence-electron chi connectivity index (χ0n) is 12.2. The molecule has 0 bridgehead atoms. The summed E-state index contributed by atoms with van der Waals surface area (Å²) in [5.41, 5.74) is 6.77. The van der Waals surface area contributed by atoms with Crippen molar-refractivity contribution in [3.8, 4) is 0 Å². The first-order valence-electron chi connectivity index (χ1n) is 7.04. The lowest BCUT2D eigenvalue weighted by molar-refractivity contribution is -0.300. The van der Waals surface area contributed by atoms with Crippen molar-refractivity contribution in [2.24, 2.45) is 0 Å². The van der Waals surface area contributed by atoms with Gasteiger partial charge in [0.1, 0.15) is 30.2 Å². The summed E-state index contributed by atoms with van der Waals surface area (Å²) in [6.45, 7) is 3.97. The van der Waals surface area contributed by atoms with Crippen LogP contribution in [0.2, 0.25) is 0 Å². The van der Waals surface area contributed by atoms with Crippen LogP contribution in [-0.4, -0.2) is 55.3 Å². The first-order chi connectivity index (χ1) is 10.5. The standard InChI is InChI=1S/C13H17N5O4/c1-13(2)20-3-6-9(22-13)8(19)12(21-6)18-5-17-7-10(14)15-4-16-11(7)18/h4-6,8-9,12,19H,3H2,1-2H3,(H2,14,15,16)/t6-,8+,9+,12-/m1/s1. The predicted octanol–water partition coefficient (Wildman–Crippen LogP) is -0.182. The Hall–Kier alpha value is -1.81. The second kappa shape index (κ2) is 4.59. The number of aromatic nitrogens is 4. The Morgan fingerprint density at radius 2 is 2.18 bits per heavy atom. The van der Waals surface area contributed by atoms with Gasteiger partial charge in [-0.3, -0.25) is 4.57 Å². The monoisotopic (exact) mass is 307 g/mol. The topological polar surface area (TPSA) is 118 Å². The smallest absolute Gasteiger partial charge is 0.167 e. The van der Waals surface area contributed by atoms with Gasteiger partial charge in [0.05, 0.1) is 12.9 Å². The molecule has 118 valence electrons. The molecule has 9 nitrogen and oxygen atoms in total. The van der Waals surface area contributed by atoms with Crippen LogP contribution in [0, 0.1) is 0 Å². The van der Waals surface area contributed by atoms with Crippen molar-refractivity contribution in [2.45, 2.75) is 44.2 Å². The van der Waals surface area contributed by atoms with Gasteiger partial charge in [0.15, 0.2) is 23.5 Å². The molecule has 9 heteroatoms. The van der Waals surface area contributed by atoms with E-state index in [0.29, 0.717) is 17.8 Å². The maximum atomic E-state index is 10.6. The van der Waals surface area contributed by atoms with E-state index in [2.05, 4.69) is 15.0 Å². The molecule has 0 aromatic carbocycles. The van der Waals surface area contributed by atoms with Crippen LogP contribution in [0.15, 0.2) is 12.7 Å². The highest BCUT2D eigenvalue weighted by Crippen LogP contribution is 2.38. The highest BCUT2D eigenvalue weighted by Gasteiger charge is 2.51. The number of fused-ring (bicyclic) bond motifs is 2. The Bertz CT molecular complexity index is 718. The van der Waals surface area contributed by atoms with Crippen LogP contribution in [0.4, 0.5) is 5.82 Å². The number of hydrogen-bond donors (Lipinski definition) is 2. The molecule has 0 amide bonds. The third-order valence-corrected chi connectivity index (χ3v) is 3.99. The van der Waals surface area contributed by atoms with E-state index in [4.69, 9.17) is 19.9 Å². The summed E-state index contributed by atoms with van der Waals surface area (Å²) in [5, 5.41) is 10.6. The largest absolute Gasteiger partial charge is 0.386 e. The van der Waals surface area contributed by atoms with Gasteiger partial charge in [0.2, 0.25) is 0 Å². The van der Waals surface area contributed by atoms with Crippen molar-refractivity contribution in [1.82, 2.24) is 19.5 Å². The molecule has 0 radical (unpaired) electrons. The maximum absolute atomic E-state index is 10.6. The number of rotatable bonds is 1. The minimum absolute atomic E-state index is 0.286. The van der Waals surface area contributed by atoms with Crippen molar-refractivity contribution in [3.05, 3.63) is 12.7 Å². The Labute approximate surface area is 126 Å². The zero-order chi connectivity index (χ0) is 15.5. The molecule has 4 rings (SSSR count). The second-order valence-corrected chi connectivity index (χ2v) is 5.93. The molecule has 0 saturated carbocycles. The van der Waals surface area contributed by atoms with E-state index in [1.54, 1.807) is 4.57 Å². The number of imidazole rings is 1. The van der Waals surface area contributed by atoms with Crippen LogP contribution in [0.5, 0.6) is 0 Å². The fourth-order valence-corrected chi connectivity index (χ4v) is 2.93. The van der Waals surface area contributed by atoms with E-state index >= 15 is 0 Å². The normalized spacial score (nSPS) is 34.0. The third-order valence-electron chi connectivity index (χ3n) is 3.99. The number of anilines is 1. The Kier molecular flexibility index (Phi) is 2.89. The van der Waals surface area contributed by atoms with Crippen LogP contribution in [0.25, 0.3) is 11.2 Å². The molecule has 2 aromatic heterocycles. The van der Waals surface area contributed by atoms with Gasteiger partial charge in [-0.25, -0.2) is 15.0 Å². The molecule has 3 N–H and O–H groups in total. The van der Waals surface area contributed by atoms with Crippen LogP contribution in [0.3, 0.4) is 0 Å². The number of aliphatic hydroxyl groups excluding tert-OH is 1. The third kappa shape index (κ3) is 1.97. The van der Waals surface area contributed by atoms with Gasteiger partial charge in [-0.15, -0.1) is 0 Å². The van der Waals surface area contributed by atoms with Crippen LogP contribution in [-0.2, 0) is 14.2 Å². The Balaban J connectivity index is 1.70. The Morgan fingerprint density at radius 1 is 1.36 bits per heavy atom. The van der Waals surface area contributed by atoms with Crippen molar-refractivity contribution >= 4 is 17.0 Å². The molecule has 0 aliphatic carbocycles. The molecule has 2 aliphatic heterocycles. The van der Waals surface area contributed by atoms with Gasteiger partial charge >= 0.3 is 0 Å². The zero-order valence-corrected chi connectivity index (χ0v) is 12.2. The number of nitrogens with two attached hydrogens (primary N) is 1. The fourth-order valence-electron chi connectivity index (χ4n) is 2.93. The minimum atomic E-state index is -0.859. The number of ether oxygens (including phenoxy) is 3. The summed E-state index contributed by atoms with van der Waals surface area (Å²) in [5.74, 6) is -0.460. The van der Waals surface area contributed by atoms with Crippen LogP contribution < -0.4 is 5.73 Å². The van der Waals surface area contributed by atoms with Crippen LogP contribution >= 0.6 is 0 Å². The number of nitrogens with zero attached hydrogens (tertiary/aromatic N) is 4. The van der Waals surface area contributed by atoms with E-state index in [1.807, 2.05) is 13.8 Å². The van der Waals surface area contributed by atoms with Crippen molar-refractivity contribution in [2.75, 3.05) is 12.3 Å². The molecular formula is C13H17N5O4. The second-order valence-electron chi connectivity index (χ2n) is 5.93. The SMILES string of the molecule is CC1(C)OC[C@H]2O[C@@H](n3cnc4c(N)ncnc43)[C@@H](O)[C@H]2O1. The van der Waals surface area contributed by atoms with Gasteiger partial charge < -0.3 is 25.1 Å². The minimum Gasteiger partial charge on any atom is -0.386 e. The average molecular weight is 307 g/mol. The number of hydrogen-bond acceptors (Lipinski definition) is 8. The lowest BCUT2D eigenvalue weighted by Crippen LogP contribution is -2.50. The fraction of sp³-hybridized carbons (Fsp3) is 0.615. The van der Waals surface area contributed by atoms with Crippen molar-refractivity contribution < 1.29 is 19.3 Å². The number of aliphatic hydroxyl groups is 1. The first-order valence-corrected chi connectivity index (χ1v) is 7.04. The van der Waals surface area contributed by atoms with Crippen LogP contribution in [0.1, 0.15) is 20.1 Å². The van der Waals surface area contributed by atoms with E-state index in [9.17, 15) is 5.11 Å². The highest BCUT2D eigenvalue weighted by molar-refractivity contribution is 5.81. The Morgan fingerprint density at radius 3 is 3.00 bits per heavy atom. The summed E-state index contributed by atoms with van der Waals surface area (Å²) in [7, 11) is 0. The summed E-state index contributed by atoms with van der Waals surface area (Å²) in [6.07, 6.45) is 0.559. The molecule has 22 heavy (non-hydrogen) atoms. The molecule has 2 aliphatic rings. The maximum Gasteiger partial charge on any atom is 0.167 e. The molecule has 2 fully saturated rings. The molecular weight excluding hydrogens is 290 g/mol. The first kappa shape index (κ1) is 13.8. The summed E-state index contributed by atoms with van der Waals surface area (Å²) < 4.78 is 18.9. The lowest BCUT2D eigenvalue weighted by Gasteiger charge is -2.37. The van der Waals surface area contributed by atoms with Gasteiger partial charge in [0, 0.05) is 0 Å². The van der Waals surface area contributed by atoms with Gasteiger partial charge in [0.25, 0.3) is 0 Å². The molecule has 0 unspecified atom stereocenters.